The number of benzene rings is 1. The molecule has 0 bridgehead atoms. The van der Waals surface area contributed by atoms with Gasteiger partial charge in [-0.05, 0) is 37.1 Å². The topological polar surface area (TPSA) is 80.6 Å². The lowest BCUT2D eigenvalue weighted by molar-refractivity contribution is 0.0952. The molecule has 2 amide bonds. The molecule has 1 aliphatic carbocycles. The van der Waals surface area contributed by atoms with E-state index in [1.807, 2.05) is 0 Å². The van der Waals surface area contributed by atoms with Crippen LogP contribution >= 0.6 is 0 Å². The molecule has 3 rings (SSSR count). The Labute approximate surface area is 133 Å². The van der Waals surface area contributed by atoms with Crippen LogP contribution in [0.25, 0.3) is 0 Å². The van der Waals surface area contributed by atoms with Gasteiger partial charge in [-0.1, -0.05) is 12.1 Å². The number of nitrogens with one attached hydrogen (secondary N) is 2. The zero-order valence-corrected chi connectivity index (χ0v) is 12.8. The fraction of sp³-hybridized carbons (Fsp3) is 0.294. The number of para-hydroxylation sites is 1. The highest BCUT2D eigenvalue weighted by Gasteiger charge is 2.25. The third-order valence-corrected chi connectivity index (χ3v) is 3.50. The predicted molar refractivity (Wildman–Crippen MR) is 84.3 cm³/mol. The summed E-state index contributed by atoms with van der Waals surface area (Å²) in [5.41, 5.74) is 0.900. The van der Waals surface area contributed by atoms with E-state index >= 15 is 0 Å². The Morgan fingerprint density at radius 1 is 1.17 bits per heavy atom. The summed E-state index contributed by atoms with van der Waals surface area (Å²) in [4.78, 5) is 24.5. The SMILES string of the molecule is COCc1ccc(C(=O)Nc2ccccc2C(=O)NC2CC2)o1. The van der Waals surface area contributed by atoms with E-state index in [1.54, 1.807) is 43.5 Å². The quantitative estimate of drug-likeness (QED) is 0.858. The molecule has 2 N–H and O–H groups in total. The lowest BCUT2D eigenvalue weighted by atomic mass is 10.1. The van der Waals surface area contributed by atoms with Crippen molar-refractivity contribution in [3.05, 3.63) is 53.5 Å². The number of amides is 2. The fourth-order valence-corrected chi connectivity index (χ4v) is 2.18. The summed E-state index contributed by atoms with van der Waals surface area (Å²) in [6.07, 6.45) is 2.02. The summed E-state index contributed by atoms with van der Waals surface area (Å²) in [5.74, 6) is 0.161. The number of carbonyl (C=O) groups excluding carboxylic acids is 2. The molecule has 23 heavy (non-hydrogen) atoms. The summed E-state index contributed by atoms with van der Waals surface area (Å²) >= 11 is 0. The van der Waals surface area contributed by atoms with Gasteiger partial charge in [-0.25, -0.2) is 0 Å². The number of furan rings is 1. The van der Waals surface area contributed by atoms with Crippen LogP contribution in [0.5, 0.6) is 0 Å². The molecule has 0 saturated heterocycles. The molecule has 0 radical (unpaired) electrons. The van der Waals surface area contributed by atoms with Crippen molar-refractivity contribution in [3.63, 3.8) is 0 Å². The third-order valence-electron chi connectivity index (χ3n) is 3.50. The van der Waals surface area contributed by atoms with Crippen LogP contribution < -0.4 is 10.6 Å². The van der Waals surface area contributed by atoms with Crippen LogP contribution in [0, 0.1) is 0 Å². The summed E-state index contributed by atoms with van der Waals surface area (Å²) in [6, 6.07) is 10.4. The largest absolute Gasteiger partial charge is 0.453 e. The summed E-state index contributed by atoms with van der Waals surface area (Å²) in [6.45, 7) is 0.299. The number of hydrogen-bond acceptors (Lipinski definition) is 4. The molecule has 6 heteroatoms. The van der Waals surface area contributed by atoms with Gasteiger partial charge in [-0.2, -0.15) is 0 Å². The second-order valence-electron chi connectivity index (χ2n) is 5.45. The first-order chi connectivity index (χ1) is 11.2. The van der Waals surface area contributed by atoms with Crippen molar-refractivity contribution in [2.24, 2.45) is 0 Å². The molecule has 1 aromatic heterocycles. The first kappa shape index (κ1) is 15.3. The van der Waals surface area contributed by atoms with Crippen LogP contribution in [0.4, 0.5) is 5.69 Å². The maximum atomic E-state index is 12.3. The van der Waals surface area contributed by atoms with Gasteiger partial charge in [-0.15, -0.1) is 0 Å². The van der Waals surface area contributed by atoms with Gasteiger partial charge >= 0.3 is 0 Å². The van der Waals surface area contributed by atoms with Crippen LogP contribution in [0.1, 0.15) is 39.5 Å². The van der Waals surface area contributed by atoms with Crippen molar-refractivity contribution in [2.75, 3.05) is 12.4 Å². The highest BCUT2D eigenvalue weighted by atomic mass is 16.5. The van der Waals surface area contributed by atoms with Crippen molar-refractivity contribution >= 4 is 17.5 Å². The molecule has 1 aromatic carbocycles. The first-order valence-corrected chi connectivity index (χ1v) is 7.46. The second-order valence-corrected chi connectivity index (χ2v) is 5.45. The first-order valence-electron chi connectivity index (χ1n) is 7.46. The number of carbonyl (C=O) groups is 2. The van der Waals surface area contributed by atoms with Crippen LogP contribution in [-0.4, -0.2) is 25.0 Å². The number of anilines is 1. The van der Waals surface area contributed by atoms with E-state index in [0.717, 1.165) is 12.8 Å². The minimum atomic E-state index is -0.404. The van der Waals surface area contributed by atoms with E-state index in [-0.39, 0.29) is 17.7 Å². The average molecular weight is 314 g/mol. The Morgan fingerprint density at radius 3 is 2.70 bits per heavy atom. The van der Waals surface area contributed by atoms with Crippen LogP contribution in [0.3, 0.4) is 0 Å². The van der Waals surface area contributed by atoms with Crippen LogP contribution in [0.2, 0.25) is 0 Å². The Hall–Kier alpha value is -2.60. The van der Waals surface area contributed by atoms with Gasteiger partial charge < -0.3 is 19.8 Å². The zero-order valence-electron chi connectivity index (χ0n) is 12.8. The molecule has 0 atom stereocenters. The van der Waals surface area contributed by atoms with Gasteiger partial charge in [0.25, 0.3) is 11.8 Å². The molecular weight excluding hydrogens is 296 g/mol. The van der Waals surface area contributed by atoms with E-state index < -0.39 is 5.91 Å². The van der Waals surface area contributed by atoms with E-state index in [0.29, 0.717) is 23.6 Å². The van der Waals surface area contributed by atoms with Gasteiger partial charge in [0.2, 0.25) is 0 Å². The standard InChI is InChI=1S/C17H18N2O4/c1-22-10-12-8-9-15(23-12)17(21)19-14-5-3-2-4-13(14)16(20)18-11-6-7-11/h2-5,8-9,11H,6-7,10H2,1H3,(H,18,20)(H,19,21). The molecule has 1 fully saturated rings. The van der Waals surface area contributed by atoms with Crippen molar-refractivity contribution in [3.8, 4) is 0 Å². The van der Waals surface area contributed by atoms with Crippen molar-refractivity contribution in [1.82, 2.24) is 5.32 Å². The van der Waals surface area contributed by atoms with Crippen molar-refractivity contribution in [2.45, 2.75) is 25.5 Å². The molecule has 0 unspecified atom stereocenters. The fourth-order valence-electron chi connectivity index (χ4n) is 2.18. The zero-order chi connectivity index (χ0) is 16.2. The minimum absolute atomic E-state index is 0.175. The normalized spacial score (nSPS) is 13.6. The van der Waals surface area contributed by atoms with Gasteiger partial charge in [0.05, 0.1) is 11.3 Å². The molecule has 1 heterocycles. The summed E-state index contributed by atoms with van der Waals surface area (Å²) < 4.78 is 10.3. The monoisotopic (exact) mass is 314 g/mol. The van der Waals surface area contributed by atoms with Gasteiger partial charge in [0.1, 0.15) is 12.4 Å². The van der Waals surface area contributed by atoms with Crippen molar-refractivity contribution < 1.29 is 18.7 Å². The average Bonchev–Trinajstić information content (AvgIpc) is 3.23. The molecule has 0 spiro atoms. The predicted octanol–water partition coefficient (Wildman–Crippen LogP) is 2.57. The van der Waals surface area contributed by atoms with Crippen molar-refractivity contribution in [1.29, 1.82) is 0 Å². The van der Waals surface area contributed by atoms with Crippen LogP contribution in [0.15, 0.2) is 40.8 Å². The Bertz CT molecular complexity index is 719. The molecule has 1 aliphatic rings. The minimum Gasteiger partial charge on any atom is -0.453 e. The maximum Gasteiger partial charge on any atom is 0.291 e. The maximum absolute atomic E-state index is 12.3. The van der Waals surface area contributed by atoms with E-state index in [4.69, 9.17) is 9.15 Å². The number of hydrogen-bond donors (Lipinski definition) is 2. The van der Waals surface area contributed by atoms with Crippen LogP contribution in [-0.2, 0) is 11.3 Å². The second kappa shape index (κ2) is 6.66. The number of methoxy groups -OCH3 is 1. The van der Waals surface area contributed by atoms with E-state index in [1.165, 1.54) is 0 Å². The highest BCUT2D eigenvalue weighted by molar-refractivity contribution is 6.08. The van der Waals surface area contributed by atoms with Gasteiger partial charge in [0, 0.05) is 13.2 Å². The van der Waals surface area contributed by atoms with E-state index in [9.17, 15) is 9.59 Å². The Balaban J connectivity index is 1.73. The molecule has 1 saturated carbocycles. The highest BCUT2D eigenvalue weighted by Crippen LogP contribution is 2.22. The summed E-state index contributed by atoms with van der Waals surface area (Å²) in [7, 11) is 1.55. The molecule has 120 valence electrons. The molecule has 6 nitrogen and oxygen atoms in total. The number of rotatable bonds is 6. The smallest absolute Gasteiger partial charge is 0.291 e. The number of ether oxygens (including phenoxy) is 1. The van der Waals surface area contributed by atoms with Gasteiger partial charge in [0.15, 0.2) is 5.76 Å². The summed E-state index contributed by atoms with van der Waals surface area (Å²) in [5, 5.41) is 5.64. The Kier molecular flexibility index (Phi) is 4.43. The molecule has 2 aromatic rings. The van der Waals surface area contributed by atoms with E-state index in [2.05, 4.69) is 10.6 Å². The lowest BCUT2D eigenvalue weighted by Crippen LogP contribution is -2.26. The molecular formula is C17H18N2O4. The lowest BCUT2D eigenvalue weighted by Gasteiger charge is -2.10. The van der Waals surface area contributed by atoms with Gasteiger partial charge in [-0.3, -0.25) is 9.59 Å². The Morgan fingerprint density at radius 2 is 1.96 bits per heavy atom. The third kappa shape index (κ3) is 3.78. The molecule has 0 aliphatic heterocycles.